The summed E-state index contributed by atoms with van der Waals surface area (Å²) in [5, 5.41) is 6.85. The average molecular weight is 394 g/mol. The fourth-order valence-electron chi connectivity index (χ4n) is 3.82. The van der Waals surface area contributed by atoms with Gasteiger partial charge < -0.3 is 22.1 Å². The minimum Gasteiger partial charge on any atom is -0.380 e. The Balaban J connectivity index is 1.74. The van der Waals surface area contributed by atoms with Crippen LogP contribution in [0.15, 0.2) is 42.7 Å². The van der Waals surface area contributed by atoms with Crippen molar-refractivity contribution < 1.29 is 9.18 Å². The van der Waals surface area contributed by atoms with Gasteiger partial charge in [0.1, 0.15) is 11.6 Å². The van der Waals surface area contributed by atoms with Crippen LogP contribution < -0.4 is 22.1 Å². The number of fused-ring (bicyclic) bond motifs is 1. The molecule has 2 atom stereocenters. The highest BCUT2D eigenvalue weighted by atomic mass is 19.1. The zero-order valence-electron chi connectivity index (χ0n) is 15.9. The summed E-state index contributed by atoms with van der Waals surface area (Å²) in [5.74, 6) is -0.697. The van der Waals surface area contributed by atoms with Gasteiger partial charge in [0, 0.05) is 30.2 Å². The third-order valence-corrected chi connectivity index (χ3v) is 5.33. The number of halogens is 1. The minimum atomic E-state index is -0.603. The van der Waals surface area contributed by atoms with Gasteiger partial charge in [0.2, 0.25) is 0 Å². The minimum absolute atomic E-state index is 0.0305. The van der Waals surface area contributed by atoms with Crippen molar-refractivity contribution in [2.75, 3.05) is 10.6 Å². The van der Waals surface area contributed by atoms with Crippen LogP contribution in [0.25, 0.3) is 10.9 Å². The fourth-order valence-corrected chi connectivity index (χ4v) is 3.82. The SMILES string of the molecule is NC(=O)c1cccnc1Nc1ccc(NC2CCCCC2N)c2c(F)ccnc12. The first-order valence-corrected chi connectivity index (χ1v) is 9.66. The van der Waals surface area contributed by atoms with Gasteiger partial charge in [-0.2, -0.15) is 0 Å². The van der Waals surface area contributed by atoms with E-state index >= 15 is 0 Å². The Kier molecular flexibility index (Phi) is 5.26. The predicted octanol–water partition coefficient (Wildman–Crippen LogP) is 3.29. The van der Waals surface area contributed by atoms with E-state index in [-0.39, 0.29) is 23.5 Å². The summed E-state index contributed by atoms with van der Waals surface area (Å²) in [6.45, 7) is 0. The molecule has 1 fully saturated rings. The van der Waals surface area contributed by atoms with Gasteiger partial charge in [-0.15, -0.1) is 0 Å². The van der Waals surface area contributed by atoms with E-state index < -0.39 is 5.91 Å². The molecule has 8 heteroatoms. The molecule has 4 rings (SSSR count). The number of nitrogens with zero attached hydrogens (tertiary/aromatic N) is 2. The van der Waals surface area contributed by atoms with Crippen molar-refractivity contribution in [3.05, 3.63) is 54.1 Å². The Hall–Kier alpha value is -3.26. The van der Waals surface area contributed by atoms with Crippen molar-refractivity contribution in [3.63, 3.8) is 0 Å². The number of rotatable bonds is 5. The average Bonchev–Trinajstić information content (AvgIpc) is 2.71. The maximum Gasteiger partial charge on any atom is 0.252 e. The number of hydrogen-bond donors (Lipinski definition) is 4. The molecule has 0 saturated heterocycles. The van der Waals surface area contributed by atoms with Gasteiger partial charge in [-0.1, -0.05) is 12.8 Å². The zero-order valence-corrected chi connectivity index (χ0v) is 15.9. The van der Waals surface area contributed by atoms with Crippen LogP contribution in [0.3, 0.4) is 0 Å². The molecule has 3 aromatic rings. The number of amides is 1. The molecule has 7 nitrogen and oxygen atoms in total. The van der Waals surface area contributed by atoms with Gasteiger partial charge in [-0.25, -0.2) is 9.37 Å². The molecular formula is C21H23FN6O. The van der Waals surface area contributed by atoms with E-state index in [9.17, 15) is 9.18 Å². The quantitative estimate of drug-likeness (QED) is 0.527. The molecule has 1 aliphatic rings. The highest BCUT2D eigenvalue weighted by Gasteiger charge is 2.23. The van der Waals surface area contributed by atoms with Crippen molar-refractivity contribution in [3.8, 4) is 0 Å². The van der Waals surface area contributed by atoms with Crippen LogP contribution in [-0.4, -0.2) is 28.0 Å². The number of nitrogens with two attached hydrogens (primary N) is 2. The van der Waals surface area contributed by atoms with Crippen LogP contribution in [0.4, 0.5) is 21.6 Å². The van der Waals surface area contributed by atoms with E-state index in [0.29, 0.717) is 28.1 Å². The number of carbonyl (C=O) groups excluding carboxylic acids is 1. The lowest BCUT2D eigenvalue weighted by Gasteiger charge is -2.30. The summed E-state index contributed by atoms with van der Waals surface area (Å²) in [6, 6.07) is 8.23. The van der Waals surface area contributed by atoms with Crippen molar-refractivity contribution >= 4 is 34.0 Å². The number of primary amides is 1. The topological polar surface area (TPSA) is 119 Å². The monoisotopic (exact) mass is 394 g/mol. The summed E-state index contributed by atoms with van der Waals surface area (Å²) in [7, 11) is 0. The molecule has 1 aromatic carbocycles. The van der Waals surface area contributed by atoms with Crippen molar-refractivity contribution in [1.82, 2.24) is 9.97 Å². The van der Waals surface area contributed by atoms with Crippen LogP contribution in [0.5, 0.6) is 0 Å². The maximum absolute atomic E-state index is 14.8. The Bertz CT molecular complexity index is 1060. The number of hydrogen-bond acceptors (Lipinski definition) is 6. The molecule has 2 heterocycles. The van der Waals surface area contributed by atoms with Crippen molar-refractivity contribution in [2.45, 2.75) is 37.8 Å². The lowest BCUT2D eigenvalue weighted by Crippen LogP contribution is -2.42. The maximum atomic E-state index is 14.8. The number of benzene rings is 1. The summed E-state index contributed by atoms with van der Waals surface area (Å²) in [5.41, 5.74) is 13.5. The number of aromatic nitrogens is 2. The molecule has 2 unspecified atom stereocenters. The van der Waals surface area contributed by atoms with E-state index in [2.05, 4.69) is 20.6 Å². The standard InChI is InChI=1S/C21H23FN6O/c22-13-9-11-25-19-17(28-21-12(20(24)29)4-3-10-26-21)8-7-16(18(13)19)27-15-6-2-1-5-14(15)23/h3-4,7-11,14-15,27H,1-2,5-6,23H2,(H2,24,29)(H,26,28). The zero-order chi connectivity index (χ0) is 20.4. The lowest BCUT2D eigenvalue weighted by molar-refractivity contribution is 0.100. The predicted molar refractivity (Wildman–Crippen MR) is 112 cm³/mol. The molecule has 29 heavy (non-hydrogen) atoms. The number of nitrogens with one attached hydrogen (secondary N) is 2. The number of anilines is 3. The summed E-state index contributed by atoms with van der Waals surface area (Å²) >= 11 is 0. The fraction of sp³-hybridized carbons (Fsp3) is 0.286. The van der Waals surface area contributed by atoms with Gasteiger partial charge in [-0.3, -0.25) is 9.78 Å². The molecule has 1 amide bonds. The Labute approximate surface area is 167 Å². The van der Waals surface area contributed by atoms with Crippen LogP contribution in [-0.2, 0) is 0 Å². The Morgan fingerprint density at radius 2 is 1.86 bits per heavy atom. The summed E-state index contributed by atoms with van der Waals surface area (Å²) in [6.07, 6.45) is 7.06. The van der Waals surface area contributed by atoms with E-state index in [4.69, 9.17) is 11.5 Å². The first-order chi connectivity index (χ1) is 14.0. The largest absolute Gasteiger partial charge is 0.380 e. The second kappa shape index (κ2) is 8.00. The van der Waals surface area contributed by atoms with Gasteiger partial charge in [-0.05, 0) is 43.2 Å². The Morgan fingerprint density at radius 1 is 1.07 bits per heavy atom. The molecule has 150 valence electrons. The third-order valence-electron chi connectivity index (χ3n) is 5.33. The molecule has 1 aliphatic carbocycles. The molecule has 6 N–H and O–H groups in total. The lowest BCUT2D eigenvalue weighted by atomic mass is 9.90. The van der Waals surface area contributed by atoms with Crippen molar-refractivity contribution in [1.29, 1.82) is 0 Å². The summed E-state index contributed by atoms with van der Waals surface area (Å²) < 4.78 is 14.8. The van der Waals surface area contributed by atoms with Gasteiger partial charge in [0.15, 0.2) is 0 Å². The molecule has 1 saturated carbocycles. The normalized spacial score (nSPS) is 19.1. The second-order valence-electron chi connectivity index (χ2n) is 7.27. The molecule has 0 aliphatic heterocycles. The second-order valence-corrected chi connectivity index (χ2v) is 7.27. The van der Waals surface area contributed by atoms with E-state index in [1.807, 2.05) is 0 Å². The molecule has 0 spiro atoms. The molecule has 0 radical (unpaired) electrons. The highest BCUT2D eigenvalue weighted by Crippen LogP contribution is 2.34. The van der Waals surface area contributed by atoms with E-state index in [1.165, 1.54) is 12.3 Å². The van der Waals surface area contributed by atoms with E-state index in [1.54, 1.807) is 30.5 Å². The Morgan fingerprint density at radius 3 is 2.66 bits per heavy atom. The third kappa shape index (κ3) is 3.84. The van der Waals surface area contributed by atoms with Crippen LogP contribution in [0.2, 0.25) is 0 Å². The van der Waals surface area contributed by atoms with Gasteiger partial charge >= 0.3 is 0 Å². The molecular weight excluding hydrogens is 371 g/mol. The number of pyridine rings is 2. The van der Waals surface area contributed by atoms with E-state index in [0.717, 1.165) is 25.7 Å². The van der Waals surface area contributed by atoms with Gasteiger partial charge in [0.05, 0.1) is 22.2 Å². The van der Waals surface area contributed by atoms with Crippen molar-refractivity contribution in [2.24, 2.45) is 11.5 Å². The molecule has 0 bridgehead atoms. The van der Waals surface area contributed by atoms with Crippen LogP contribution in [0.1, 0.15) is 36.0 Å². The first-order valence-electron chi connectivity index (χ1n) is 9.66. The first kappa shape index (κ1) is 19.1. The summed E-state index contributed by atoms with van der Waals surface area (Å²) in [4.78, 5) is 20.2. The smallest absolute Gasteiger partial charge is 0.252 e. The van der Waals surface area contributed by atoms with Crippen LogP contribution in [0, 0.1) is 5.82 Å². The number of carbonyl (C=O) groups is 1. The highest BCUT2D eigenvalue weighted by molar-refractivity contribution is 6.03. The van der Waals surface area contributed by atoms with Gasteiger partial charge in [0.25, 0.3) is 5.91 Å². The van der Waals surface area contributed by atoms with Crippen LogP contribution >= 0.6 is 0 Å². The molecule has 2 aromatic heterocycles.